The number of imidazole rings is 1. The SMILES string of the molecule is C=C/C=C(C)\C=C(/CC)NC(=O)c1ccc2nc(-c3ccc(OCC(=O)OC)cc3Cl)[nH]c2c1. The topological polar surface area (TPSA) is 93.3 Å². The lowest BCUT2D eigenvalue weighted by molar-refractivity contribution is -0.142. The zero-order valence-electron chi connectivity index (χ0n) is 19.3. The molecular weight excluding hydrogens is 454 g/mol. The van der Waals surface area contributed by atoms with Crippen LogP contribution in [0.5, 0.6) is 5.75 Å². The summed E-state index contributed by atoms with van der Waals surface area (Å²) >= 11 is 6.42. The van der Waals surface area contributed by atoms with E-state index in [1.807, 2.05) is 26.0 Å². The molecule has 2 aromatic carbocycles. The second-order valence-corrected chi connectivity index (χ2v) is 7.85. The van der Waals surface area contributed by atoms with Gasteiger partial charge in [0.25, 0.3) is 5.91 Å². The van der Waals surface area contributed by atoms with Crippen LogP contribution >= 0.6 is 11.6 Å². The summed E-state index contributed by atoms with van der Waals surface area (Å²) in [5.74, 6) is 0.300. The largest absolute Gasteiger partial charge is 0.482 e. The molecule has 1 heterocycles. The van der Waals surface area contributed by atoms with Crippen LogP contribution in [0, 0.1) is 0 Å². The van der Waals surface area contributed by atoms with E-state index in [1.54, 1.807) is 42.5 Å². The van der Waals surface area contributed by atoms with Gasteiger partial charge in [-0.1, -0.05) is 37.3 Å². The lowest BCUT2D eigenvalue weighted by Gasteiger charge is -2.08. The molecule has 2 N–H and O–H groups in total. The number of carbonyl (C=O) groups excluding carboxylic acids is 2. The number of H-pyrrole nitrogens is 1. The van der Waals surface area contributed by atoms with E-state index in [9.17, 15) is 9.59 Å². The smallest absolute Gasteiger partial charge is 0.343 e. The van der Waals surface area contributed by atoms with E-state index in [0.717, 1.165) is 11.3 Å². The quantitative estimate of drug-likeness (QED) is 0.308. The van der Waals surface area contributed by atoms with Gasteiger partial charge >= 0.3 is 5.97 Å². The van der Waals surface area contributed by atoms with E-state index in [4.69, 9.17) is 16.3 Å². The molecule has 1 amide bonds. The van der Waals surface area contributed by atoms with Gasteiger partial charge in [-0.25, -0.2) is 9.78 Å². The summed E-state index contributed by atoms with van der Waals surface area (Å²) in [6, 6.07) is 10.3. The minimum atomic E-state index is -0.484. The fourth-order valence-corrected chi connectivity index (χ4v) is 3.47. The summed E-state index contributed by atoms with van der Waals surface area (Å²) in [6.45, 7) is 7.41. The van der Waals surface area contributed by atoms with E-state index in [0.29, 0.717) is 45.2 Å². The molecule has 0 aliphatic heterocycles. The van der Waals surface area contributed by atoms with Crippen molar-refractivity contribution in [3.05, 3.63) is 83.1 Å². The molecular formula is C26H26ClN3O4. The number of aromatic amines is 1. The fraction of sp³-hybridized carbons (Fsp3) is 0.192. The van der Waals surface area contributed by atoms with E-state index < -0.39 is 5.97 Å². The van der Waals surface area contributed by atoms with E-state index in [1.165, 1.54) is 7.11 Å². The van der Waals surface area contributed by atoms with Crippen molar-refractivity contribution in [1.82, 2.24) is 15.3 Å². The summed E-state index contributed by atoms with van der Waals surface area (Å²) in [5.41, 5.74) is 4.38. The molecule has 0 fully saturated rings. The van der Waals surface area contributed by atoms with Crippen molar-refractivity contribution < 1.29 is 19.1 Å². The normalized spacial score (nSPS) is 11.9. The number of hydrogen-bond donors (Lipinski definition) is 2. The number of nitrogens with zero attached hydrogens (tertiary/aromatic N) is 1. The third-order valence-electron chi connectivity index (χ3n) is 4.96. The molecule has 0 radical (unpaired) electrons. The molecule has 0 aliphatic carbocycles. The highest BCUT2D eigenvalue weighted by Crippen LogP contribution is 2.31. The Hall–Kier alpha value is -3.84. The second kappa shape index (κ2) is 11.3. The van der Waals surface area contributed by atoms with Crippen molar-refractivity contribution in [1.29, 1.82) is 0 Å². The van der Waals surface area contributed by atoms with Gasteiger partial charge in [-0.2, -0.15) is 0 Å². The maximum absolute atomic E-state index is 12.8. The van der Waals surface area contributed by atoms with E-state index in [2.05, 4.69) is 26.6 Å². The third kappa shape index (κ3) is 6.14. The molecule has 34 heavy (non-hydrogen) atoms. The average molecular weight is 480 g/mol. The number of rotatable bonds is 9. The Morgan fingerprint density at radius 1 is 1.24 bits per heavy atom. The van der Waals surface area contributed by atoms with Gasteiger partial charge in [0.2, 0.25) is 0 Å². The number of esters is 1. The predicted molar refractivity (Wildman–Crippen MR) is 134 cm³/mol. The van der Waals surface area contributed by atoms with Crippen molar-refractivity contribution in [3.63, 3.8) is 0 Å². The lowest BCUT2D eigenvalue weighted by Crippen LogP contribution is -2.22. The molecule has 0 atom stereocenters. The van der Waals surface area contributed by atoms with Crippen LogP contribution in [0.3, 0.4) is 0 Å². The molecule has 1 aromatic heterocycles. The number of aromatic nitrogens is 2. The zero-order chi connectivity index (χ0) is 24.7. The van der Waals surface area contributed by atoms with Crippen LogP contribution < -0.4 is 10.1 Å². The predicted octanol–water partition coefficient (Wildman–Crippen LogP) is 5.59. The Balaban J connectivity index is 1.81. The number of amides is 1. The van der Waals surface area contributed by atoms with Crippen LogP contribution in [0.2, 0.25) is 5.02 Å². The number of carbonyl (C=O) groups is 2. The number of fused-ring (bicyclic) bond motifs is 1. The van der Waals surface area contributed by atoms with Crippen molar-refractivity contribution in [2.45, 2.75) is 20.3 Å². The number of allylic oxidation sites excluding steroid dienone is 5. The molecule has 0 unspecified atom stereocenters. The van der Waals surface area contributed by atoms with Crippen molar-refractivity contribution >= 4 is 34.5 Å². The molecule has 0 saturated heterocycles. The first-order chi connectivity index (χ1) is 16.3. The Kier molecular flexibility index (Phi) is 8.27. The van der Waals surface area contributed by atoms with Gasteiger partial charge in [-0.05, 0) is 61.4 Å². The van der Waals surface area contributed by atoms with Crippen molar-refractivity contribution in [3.8, 4) is 17.1 Å². The van der Waals surface area contributed by atoms with Crippen molar-refractivity contribution in [2.24, 2.45) is 0 Å². The van der Waals surface area contributed by atoms with Gasteiger partial charge in [0.05, 0.1) is 23.2 Å². The minimum absolute atomic E-state index is 0.206. The standard InChI is InChI=1S/C26H26ClN3O4/c1-5-7-16(3)12-18(6-2)28-26(32)17-8-11-22-23(13-17)30-25(29-22)20-10-9-19(14-21(20)27)34-15-24(31)33-4/h5,7-14H,1,6,15H2,2-4H3,(H,28,32)(H,29,30)/b16-7-,18-12+. The van der Waals surface area contributed by atoms with Gasteiger partial charge in [-0.15, -0.1) is 0 Å². The van der Waals surface area contributed by atoms with Gasteiger partial charge in [-0.3, -0.25) is 4.79 Å². The number of ether oxygens (including phenoxy) is 2. The van der Waals surface area contributed by atoms with Crippen LogP contribution in [0.4, 0.5) is 0 Å². The number of benzene rings is 2. The van der Waals surface area contributed by atoms with Gasteiger partial charge in [0, 0.05) is 16.8 Å². The number of halogens is 1. The minimum Gasteiger partial charge on any atom is -0.482 e. The third-order valence-corrected chi connectivity index (χ3v) is 5.27. The van der Waals surface area contributed by atoms with E-state index in [-0.39, 0.29) is 12.5 Å². The Morgan fingerprint density at radius 2 is 2.03 bits per heavy atom. The summed E-state index contributed by atoms with van der Waals surface area (Å²) in [5, 5.41) is 3.36. The number of methoxy groups -OCH3 is 1. The second-order valence-electron chi connectivity index (χ2n) is 7.45. The van der Waals surface area contributed by atoms with Crippen LogP contribution in [0.15, 0.2) is 72.5 Å². The van der Waals surface area contributed by atoms with Crippen LogP contribution in [-0.4, -0.2) is 35.6 Å². The average Bonchev–Trinajstić information content (AvgIpc) is 3.25. The monoisotopic (exact) mass is 479 g/mol. The zero-order valence-corrected chi connectivity index (χ0v) is 20.0. The summed E-state index contributed by atoms with van der Waals surface area (Å²) in [4.78, 5) is 31.9. The first-order valence-electron chi connectivity index (χ1n) is 10.6. The molecule has 3 aromatic rings. The molecule has 3 rings (SSSR count). The fourth-order valence-electron chi connectivity index (χ4n) is 3.21. The molecule has 0 spiro atoms. The van der Waals surface area contributed by atoms with Crippen molar-refractivity contribution in [2.75, 3.05) is 13.7 Å². The summed E-state index contributed by atoms with van der Waals surface area (Å²) < 4.78 is 9.92. The maximum atomic E-state index is 12.8. The molecule has 8 heteroatoms. The Bertz CT molecular complexity index is 1290. The first-order valence-corrected chi connectivity index (χ1v) is 11.0. The van der Waals surface area contributed by atoms with Crippen LogP contribution in [-0.2, 0) is 9.53 Å². The van der Waals surface area contributed by atoms with Crippen LogP contribution in [0.25, 0.3) is 22.4 Å². The van der Waals surface area contributed by atoms with Gasteiger partial charge in [0.15, 0.2) is 6.61 Å². The van der Waals surface area contributed by atoms with E-state index >= 15 is 0 Å². The van der Waals surface area contributed by atoms with Crippen LogP contribution in [0.1, 0.15) is 30.6 Å². The highest BCUT2D eigenvalue weighted by Gasteiger charge is 2.14. The highest BCUT2D eigenvalue weighted by atomic mass is 35.5. The summed E-state index contributed by atoms with van der Waals surface area (Å²) in [6.07, 6.45) is 6.19. The number of hydrogen-bond acceptors (Lipinski definition) is 5. The summed E-state index contributed by atoms with van der Waals surface area (Å²) in [7, 11) is 1.29. The maximum Gasteiger partial charge on any atom is 0.343 e. The highest BCUT2D eigenvalue weighted by molar-refractivity contribution is 6.33. The molecule has 0 bridgehead atoms. The first kappa shape index (κ1) is 24.8. The molecule has 0 aliphatic rings. The Morgan fingerprint density at radius 3 is 2.71 bits per heavy atom. The van der Waals surface area contributed by atoms with Gasteiger partial charge in [0.1, 0.15) is 11.6 Å². The molecule has 7 nitrogen and oxygen atoms in total. The van der Waals surface area contributed by atoms with Gasteiger partial charge < -0.3 is 19.8 Å². The molecule has 176 valence electrons. The Labute approximate surface area is 203 Å². The lowest BCUT2D eigenvalue weighted by atomic mass is 10.1. The molecule has 0 saturated carbocycles. The number of nitrogens with one attached hydrogen (secondary N) is 2.